The summed E-state index contributed by atoms with van der Waals surface area (Å²) in [6, 6.07) is 0. The first-order valence-corrected chi connectivity index (χ1v) is 6.05. The molecule has 0 aromatic rings. The summed E-state index contributed by atoms with van der Waals surface area (Å²) >= 11 is 0. The molecule has 98 valence electrons. The molecule has 0 rings (SSSR count). The maximum atomic E-state index is 11.3. The number of unbranched alkanes of at least 4 members (excludes halogenated alkanes) is 1. The predicted octanol–water partition coefficient (Wildman–Crippen LogP) is 2.62. The molecule has 0 aromatic heterocycles. The quantitative estimate of drug-likeness (QED) is 0.508. The Bertz CT molecular complexity index is 269. The van der Waals surface area contributed by atoms with Gasteiger partial charge in [-0.25, -0.2) is 9.59 Å². The monoisotopic (exact) mass is 242 g/mol. The molecule has 0 aliphatic heterocycles. The molecule has 0 spiro atoms. The SMILES string of the molecule is CCCCC(C)OC(=O)/C=C/C(=O)OC(C)C. The molecular formula is C13H22O4. The first-order valence-electron chi connectivity index (χ1n) is 6.05. The highest BCUT2D eigenvalue weighted by Gasteiger charge is 2.07. The van der Waals surface area contributed by atoms with Crippen LogP contribution in [-0.2, 0) is 19.1 Å². The molecule has 0 saturated heterocycles. The van der Waals surface area contributed by atoms with E-state index in [2.05, 4.69) is 6.92 Å². The van der Waals surface area contributed by atoms with E-state index in [0.29, 0.717) is 0 Å². The van der Waals surface area contributed by atoms with Gasteiger partial charge in [0.1, 0.15) is 0 Å². The third-order valence-electron chi connectivity index (χ3n) is 1.99. The second-order valence-corrected chi connectivity index (χ2v) is 4.21. The van der Waals surface area contributed by atoms with Gasteiger partial charge in [0.2, 0.25) is 0 Å². The topological polar surface area (TPSA) is 52.6 Å². The summed E-state index contributed by atoms with van der Waals surface area (Å²) in [7, 11) is 0. The zero-order chi connectivity index (χ0) is 13.3. The fourth-order valence-electron chi connectivity index (χ4n) is 1.20. The van der Waals surface area contributed by atoms with Gasteiger partial charge in [-0.1, -0.05) is 19.8 Å². The molecule has 0 saturated carbocycles. The largest absolute Gasteiger partial charge is 0.460 e. The van der Waals surface area contributed by atoms with Gasteiger partial charge in [0, 0.05) is 12.2 Å². The third kappa shape index (κ3) is 9.60. The van der Waals surface area contributed by atoms with E-state index < -0.39 is 11.9 Å². The van der Waals surface area contributed by atoms with Gasteiger partial charge in [-0.05, 0) is 27.2 Å². The number of carbonyl (C=O) groups is 2. The zero-order valence-electron chi connectivity index (χ0n) is 11.1. The Hall–Kier alpha value is -1.32. The lowest BCUT2D eigenvalue weighted by Crippen LogP contribution is -2.14. The van der Waals surface area contributed by atoms with E-state index in [0.717, 1.165) is 31.4 Å². The summed E-state index contributed by atoms with van der Waals surface area (Å²) < 4.78 is 9.91. The predicted molar refractivity (Wildman–Crippen MR) is 65.4 cm³/mol. The van der Waals surface area contributed by atoms with Crippen LogP contribution in [0.5, 0.6) is 0 Å². The van der Waals surface area contributed by atoms with Gasteiger partial charge in [0.25, 0.3) is 0 Å². The first kappa shape index (κ1) is 15.7. The van der Waals surface area contributed by atoms with Crippen LogP contribution in [0.3, 0.4) is 0 Å². The molecule has 0 amide bonds. The van der Waals surface area contributed by atoms with Crippen molar-refractivity contribution in [3.05, 3.63) is 12.2 Å². The summed E-state index contributed by atoms with van der Waals surface area (Å²) in [5.74, 6) is -1.03. The Morgan fingerprint density at radius 2 is 1.59 bits per heavy atom. The van der Waals surface area contributed by atoms with Crippen LogP contribution in [-0.4, -0.2) is 24.1 Å². The molecule has 0 N–H and O–H groups in total. The average Bonchev–Trinajstić information content (AvgIpc) is 2.22. The highest BCUT2D eigenvalue weighted by molar-refractivity contribution is 5.91. The molecule has 1 unspecified atom stereocenters. The maximum Gasteiger partial charge on any atom is 0.331 e. The molecule has 0 heterocycles. The van der Waals surface area contributed by atoms with E-state index in [1.807, 2.05) is 6.92 Å². The van der Waals surface area contributed by atoms with Gasteiger partial charge < -0.3 is 9.47 Å². The summed E-state index contributed by atoms with van der Waals surface area (Å²) in [6.07, 6.45) is 4.82. The summed E-state index contributed by atoms with van der Waals surface area (Å²) in [6.45, 7) is 7.41. The summed E-state index contributed by atoms with van der Waals surface area (Å²) in [5, 5.41) is 0. The van der Waals surface area contributed by atoms with Crippen LogP contribution >= 0.6 is 0 Å². The Kier molecular flexibility index (Phi) is 8.11. The zero-order valence-corrected chi connectivity index (χ0v) is 11.1. The number of hydrogen-bond acceptors (Lipinski definition) is 4. The molecule has 4 heteroatoms. The normalized spacial score (nSPS) is 12.8. The van der Waals surface area contributed by atoms with E-state index in [-0.39, 0.29) is 12.2 Å². The lowest BCUT2D eigenvalue weighted by atomic mass is 10.2. The van der Waals surface area contributed by atoms with Crippen LogP contribution in [0, 0.1) is 0 Å². The molecule has 0 fully saturated rings. The number of rotatable bonds is 7. The van der Waals surface area contributed by atoms with Crippen LogP contribution in [0.15, 0.2) is 12.2 Å². The number of hydrogen-bond donors (Lipinski definition) is 0. The van der Waals surface area contributed by atoms with Gasteiger partial charge in [-0.15, -0.1) is 0 Å². The Morgan fingerprint density at radius 1 is 1.06 bits per heavy atom. The van der Waals surface area contributed by atoms with Gasteiger partial charge in [0.15, 0.2) is 0 Å². The van der Waals surface area contributed by atoms with Crippen molar-refractivity contribution >= 4 is 11.9 Å². The maximum absolute atomic E-state index is 11.3. The minimum atomic E-state index is -0.529. The molecule has 0 aliphatic rings. The highest BCUT2D eigenvalue weighted by Crippen LogP contribution is 2.04. The summed E-state index contributed by atoms with van der Waals surface area (Å²) in [5.41, 5.74) is 0. The molecule has 4 nitrogen and oxygen atoms in total. The fraction of sp³-hybridized carbons (Fsp3) is 0.692. The Balaban J connectivity index is 3.92. The Morgan fingerprint density at radius 3 is 2.06 bits per heavy atom. The van der Waals surface area contributed by atoms with E-state index >= 15 is 0 Å². The van der Waals surface area contributed by atoms with E-state index in [1.54, 1.807) is 13.8 Å². The number of ether oxygens (including phenoxy) is 2. The lowest BCUT2D eigenvalue weighted by molar-refractivity contribution is -0.144. The second-order valence-electron chi connectivity index (χ2n) is 4.21. The molecule has 0 aliphatic carbocycles. The molecule has 17 heavy (non-hydrogen) atoms. The molecule has 0 radical (unpaired) electrons. The van der Waals surface area contributed by atoms with Crippen molar-refractivity contribution in [2.45, 2.75) is 59.2 Å². The van der Waals surface area contributed by atoms with E-state index in [1.165, 1.54) is 0 Å². The summed E-state index contributed by atoms with van der Waals surface area (Å²) in [4.78, 5) is 22.4. The van der Waals surface area contributed by atoms with Crippen molar-refractivity contribution in [3.63, 3.8) is 0 Å². The first-order chi connectivity index (χ1) is 7.95. The Labute approximate surface area is 103 Å². The van der Waals surface area contributed by atoms with Crippen molar-refractivity contribution in [2.24, 2.45) is 0 Å². The van der Waals surface area contributed by atoms with Gasteiger partial charge >= 0.3 is 11.9 Å². The molecule has 0 aromatic carbocycles. The van der Waals surface area contributed by atoms with Crippen LogP contribution in [0.25, 0.3) is 0 Å². The molecule has 1 atom stereocenters. The van der Waals surface area contributed by atoms with Crippen molar-refractivity contribution in [2.75, 3.05) is 0 Å². The molecular weight excluding hydrogens is 220 g/mol. The van der Waals surface area contributed by atoms with Crippen LogP contribution in [0.2, 0.25) is 0 Å². The van der Waals surface area contributed by atoms with Gasteiger partial charge in [0.05, 0.1) is 12.2 Å². The lowest BCUT2D eigenvalue weighted by Gasteiger charge is -2.10. The van der Waals surface area contributed by atoms with Gasteiger partial charge in [-0.2, -0.15) is 0 Å². The van der Waals surface area contributed by atoms with Crippen LogP contribution < -0.4 is 0 Å². The second kappa shape index (κ2) is 8.79. The average molecular weight is 242 g/mol. The third-order valence-corrected chi connectivity index (χ3v) is 1.99. The molecule has 0 bridgehead atoms. The fourth-order valence-corrected chi connectivity index (χ4v) is 1.20. The number of carbonyl (C=O) groups excluding carboxylic acids is 2. The van der Waals surface area contributed by atoms with Crippen LogP contribution in [0.1, 0.15) is 47.0 Å². The minimum absolute atomic E-state index is 0.117. The van der Waals surface area contributed by atoms with Crippen molar-refractivity contribution in [1.82, 2.24) is 0 Å². The number of esters is 2. The van der Waals surface area contributed by atoms with E-state index in [9.17, 15) is 9.59 Å². The van der Waals surface area contributed by atoms with Crippen molar-refractivity contribution in [3.8, 4) is 0 Å². The minimum Gasteiger partial charge on any atom is -0.460 e. The van der Waals surface area contributed by atoms with E-state index in [4.69, 9.17) is 9.47 Å². The standard InChI is InChI=1S/C13H22O4/c1-5-6-7-11(4)17-13(15)9-8-12(14)16-10(2)3/h8-11H,5-7H2,1-4H3/b9-8+. The van der Waals surface area contributed by atoms with Crippen LogP contribution in [0.4, 0.5) is 0 Å². The smallest absolute Gasteiger partial charge is 0.331 e. The van der Waals surface area contributed by atoms with Crippen molar-refractivity contribution in [1.29, 1.82) is 0 Å². The van der Waals surface area contributed by atoms with Crippen molar-refractivity contribution < 1.29 is 19.1 Å². The van der Waals surface area contributed by atoms with Gasteiger partial charge in [-0.3, -0.25) is 0 Å². The highest BCUT2D eigenvalue weighted by atomic mass is 16.5.